The van der Waals surface area contributed by atoms with E-state index in [0.717, 1.165) is 4.90 Å². The van der Waals surface area contributed by atoms with E-state index in [1.165, 1.54) is 104 Å². The van der Waals surface area contributed by atoms with Gasteiger partial charge >= 0.3 is 0 Å². The van der Waals surface area contributed by atoms with Crippen molar-refractivity contribution in [3.63, 3.8) is 0 Å². The number of imidazole rings is 1. The van der Waals surface area contributed by atoms with Gasteiger partial charge in [-0.3, -0.25) is 52.7 Å². The van der Waals surface area contributed by atoms with E-state index in [9.17, 15) is 29.1 Å². The van der Waals surface area contributed by atoms with Crippen molar-refractivity contribution in [3.05, 3.63) is 30.9 Å². The summed E-state index contributed by atoms with van der Waals surface area (Å²) in [6.45, 7) is 30.5. The molecule has 11 amide bonds. The fourth-order valence-corrected chi connectivity index (χ4v) is 12.9. The highest BCUT2D eigenvalue weighted by Gasteiger charge is 2.46. The molecular formula is C68H119N13O12S. The van der Waals surface area contributed by atoms with E-state index in [1.54, 1.807) is 73.3 Å². The van der Waals surface area contributed by atoms with Crippen LogP contribution in [0.3, 0.4) is 0 Å². The van der Waals surface area contributed by atoms with Gasteiger partial charge in [0.1, 0.15) is 66.5 Å². The lowest BCUT2D eigenvalue weighted by Crippen LogP contribution is -2.64. The molecule has 0 aromatic carbocycles. The summed E-state index contributed by atoms with van der Waals surface area (Å²) in [4.78, 5) is 177. The van der Waals surface area contributed by atoms with Crippen LogP contribution < -0.4 is 21.3 Å². The van der Waals surface area contributed by atoms with Gasteiger partial charge in [-0.05, 0) is 101 Å². The number of amides is 11. The molecule has 26 heteroatoms. The third-order valence-electron chi connectivity index (χ3n) is 17.7. The second-order valence-electron chi connectivity index (χ2n) is 28.2. The van der Waals surface area contributed by atoms with E-state index < -0.39 is 155 Å². The molecule has 0 aliphatic carbocycles. The number of aliphatic hydroxyl groups excluding tert-OH is 1. The number of carbonyl (C=O) groups is 11. The van der Waals surface area contributed by atoms with Crippen molar-refractivity contribution in [2.45, 2.75) is 235 Å². The summed E-state index contributed by atoms with van der Waals surface area (Å²) in [5, 5.41) is 23.5. The number of thioether (sulfide) groups is 1. The van der Waals surface area contributed by atoms with Gasteiger partial charge in [0.05, 0.1) is 12.4 Å². The van der Waals surface area contributed by atoms with Gasteiger partial charge in [-0.25, -0.2) is 4.98 Å². The molecule has 1 aromatic heterocycles. The minimum absolute atomic E-state index is 0.00442. The number of hydrogen-bond acceptors (Lipinski definition) is 14. The SMILES string of the molecule is C/C=C/C[C@@H](C)[C@@H](O)C1C(=O)N[C@@H](CC)C(=O)N(C)C(CSCCn2ccnc2)C(=O)N(C)[C@@H](CC(C)C)C(=O)N[C@@H](C(C)C)C(=O)N(C)[C@@H](CC(C)C)C(=O)N[C@@H](C)C(=O)N[C@H](C)C(=O)N(C)[C@@H](CC(C)C)C(=O)N(C)[C@@H](CC(C)C)C(=O)N(C)[C@@H](C(C)C)C(=O)N1C. The molecule has 2 unspecified atom stereocenters. The van der Waals surface area contributed by atoms with Crippen molar-refractivity contribution < 1.29 is 57.8 Å². The summed E-state index contributed by atoms with van der Waals surface area (Å²) in [5.41, 5.74) is 0. The largest absolute Gasteiger partial charge is 0.390 e. The Kier molecular flexibility index (Phi) is 34.5. The first-order chi connectivity index (χ1) is 43.7. The Hall–Kier alpha value is -6.57. The van der Waals surface area contributed by atoms with Gasteiger partial charge < -0.3 is 65.2 Å². The Morgan fingerprint density at radius 2 is 0.936 bits per heavy atom. The van der Waals surface area contributed by atoms with Gasteiger partial charge in [-0.1, -0.05) is 109 Å². The fraction of sp³-hybridized carbons (Fsp3) is 0.765. The molecule has 0 saturated carbocycles. The first-order valence-corrected chi connectivity index (χ1v) is 34.8. The van der Waals surface area contributed by atoms with E-state index in [0.29, 0.717) is 18.7 Å². The Labute approximate surface area is 565 Å². The smallest absolute Gasteiger partial charge is 0.246 e. The van der Waals surface area contributed by atoms with Gasteiger partial charge in [0.25, 0.3) is 0 Å². The van der Waals surface area contributed by atoms with Gasteiger partial charge in [-0.2, -0.15) is 11.8 Å². The summed E-state index contributed by atoms with van der Waals surface area (Å²) >= 11 is 1.38. The average Bonchev–Trinajstić information content (AvgIpc) is 0.858. The van der Waals surface area contributed by atoms with Crippen LogP contribution in [-0.2, 0) is 59.3 Å². The van der Waals surface area contributed by atoms with Crippen molar-refractivity contribution in [2.75, 3.05) is 60.8 Å². The normalized spacial score (nSPS) is 26.3. The summed E-state index contributed by atoms with van der Waals surface area (Å²) in [6, 6.07) is -13.8. The van der Waals surface area contributed by atoms with Gasteiger partial charge in [0.15, 0.2) is 0 Å². The van der Waals surface area contributed by atoms with Gasteiger partial charge in [-0.15, -0.1) is 0 Å². The maximum Gasteiger partial charge on any atom is 0.246 e. The summed E-state index contributed by atoms with van der Waals surface area (Å²) in [7, 11) is 10.1. The van der Waals surface area contributed by atoms with Crippen molar-refractivity contribution in [1.29, 1.82) is 0 Å². The van der Waals surface area contributed by atoms with Crippen LogP contribution in [0.4, 0.5) is 0 Å². The third kappa shape index (κ3) is 23.4. The van der Waals surface area contributed by atoms with Crippen LogP contribution in [0.15, 0.2) is 30.9 Å². The number of likely N-dealkylation sites (N-methyl/N-ethyl adjacent to an activating group) is 7. The predicted molar refractivity (Wildman–Crippen MR) is 367 cm³/mol. The van der Waals surface area contributed by atoms with E-state index >= 15 is 28.8 Å². The van der Waals surface area contributed by atoms with E-state index in [-0.39, 0.29) is 61.5 Å². The Morgan fingerprint density at radius 1 is 0.500 bits per heavy atom. The van der Waals surface area contributed by atoms with Crippen LogP contribution in [0.1, 0.15) is 156 Å². The quantitative estimate of drug-likeness (QED) is 0.0901. The summed E-state index contributed by atoms with van der Waals surface area (Å²) < 4.78 is 1.86. The fourth-order valence-electron chi connectivity index (χ4n) is 11.8. The van der Waals surface area contributed by atoms with Crippen molar-refractivity contribution in [2.24, 2.45) is 41.4 Å². The number of nitrogens with one attached hydrogen (secondary N) is 4. The molecule has 13 atom stereocenters. The molecule has 1 aromatic rings. The zero-order valence-electron chi connectivity index (χ0n) is 61.1. The number of hydrogen-bond donors (Lipinski definition) is 5. The van der Waals surface area contributed by atoms with Gasteiger partial charge in [0.2, 0.25) is 65.0 Å². The lowest BCUT2D eigenvalue weighted by Gasteiger charge is -2.41. The lowest BCUT2D eigenvalue weighted by molar-refractivity contribution is -0.157. The van der Waals surface area contributed by atoms with Crippen molar-refractivity contribution in [3.8, 4) is 0 Å². The van der Waals surface area contributed by atoms with Crippen LogP contribution in [0, 0.1) is 41.4 Å². The molecule has 0 spiro atoms. The van der Waals surface area contributed by atoms with Crippen molar-refractivity contribution >= 4 is 76.7 Å². The topological polar surface area (TPSA) is 297 Å². The number of aliphatic hydroxyl groups is 1. The molecule has 0 radical (unpaired) electrons. The van der Waals surface area contributed by atoms with Gasteiger partial charge in [0, 0.05) is 79.8 Å². The molecule has 1 fully saturated rings. The number of rotatable bonds is 20. The highest BCUT2D eigenvalue weighted by Crippen LogP contribution is 2.26. The molecule has 25 nitrogen and oxygen atoms in total. The second kappa shape index (κ2) is 38.8. The Balaban J connectivity index is 3.10. The van der Waals surface area contributed by atoms with E-state index in [4.69, 9.17) is 0 Å². The van der Waals surface area contributed by atoms with Crippen LogP contribution in [0.25, 0.3) is 0 Å². The zero-order valence-corrected chi connectivity index (χ0v) is 61.9. The summed E-state index contributed by atoms with van der Waals surface area (Å²) in [5.74, 6) is -9.36. The van der Waals surface area contributed by atoms with Crippen LogP contribution in [0.2, 0.25) is 0 Å². The third-order valence-corrected chi connectivity index (χ3v) is 18.7. The van der Waals surface area contributed by atoms with E-state index in [1.807, 2.05) is 66.0 Å². The molecule has 2 rings (SSSR count). The van der Waals surface area contributed by atoms with E-state index in [2.05, 4.69) is 26.3 Å². The minimum Gasteiger partial charge on any atom is -0.390 e. The average molecular weight is 1340 g/mol. The number of nitrogens with zero attached hydrogens (tertiary/aromatic N) is 9. The number of aryl methyl sites for hydroxylation is 1. The molecule has 2 heterocycles. The van der Waals surface area contributed by atoms with Crippen LogP contribution in [0.5, 0.6) is 0 Å². The lowest BCUT2D eigenvalue weighted by atomic mass is 9.91. The molecule has 94 heavy (non-hydrogen) atoms. The number of allylic oxidation sites excluding steroid dienone is 2. The van der Waals surface area contributed by atoms with Crippen molar-refractivity contribution in [1.82, 2.24) is 65.1 Å². The standard InChI is InChI=1S/C68H119N13O12S/c1-25-27-28-45(15)57(82)56-61(86)72-48(26-2)63(88)78(22)53(37-94-32-31-81-30-29-69-38-81)66(91)74(18)50(34-40(5)6)60(85)73-54(43(11)12)67(92)75(19)49(33-39(3)4)59(84)70-46(16)58(83)71-47(17)62(87)76(20)51(35-41(7)8)64(89)77(21)52(36-42(9)10)65(90)79(23)55(44(13)14)68(93)80(56)24/h25,27,29-30,38-57,82H,26,28,31-37H2,1-24H3,(H,70,84)(H,71,83)(H,72,86)(H,73,85)/b27-25+/t45-,46+,47-,48+,49+,50+,51+,52+,53?,54+,55+,56?,57-/m1/s1. The highest BCUT2D eigenvalue weighted by atomic mass is 32.2. The molecule has 1 aliphatic rings. The highest BCUT2D eigenvalue weighted by molar-refractivity contribution is 7.99. The molecule has 1 saturated heterocycles. The second-order valence-corrected chi connectivity index (χ2v) is 29.3. The molecule has 534 valence electrons. The first-order valence-electron chi connectivity index (χ1n) is 33.6. The Morgan fingerprint density at radius 3 is 1.40 bits per heavy atom. The Bertz CT molecular complexity index is 2710. The maximum atomic E-state index is 15.4. The predicted octanol–water partition coefficient (Wildman–Crippen LogP) is 4.27. The zero-order chi connectivity index (χ0) is 72.1. The molecule has 5 N–H and O–H groups in total. The molecule has 0 bridgehead atoms. The first kappa shape index (κ1) is 83.5. The van der Waals surface area contributed by atoms with Crippen LogP contribution in [-0.4, -0.2) is 247 Å². The molecular weight excluding hydrogens is 1220 g/mol. The summed E-state index contributed by atoms with van der Waals surface area (Å²) in [6.07, 6.45) is 8.03. The molecule has 1 aliphatic heterocycles. The minimum atomic E-state index is -1.64. The number of carbonyl (C=O) groups excluding carboxylic acids is 11. The number of aromatic nitrogens is 2. The van der Waals surface area contributed by atoms with Crippen LogP contribution >= 0.6 is 11.8 Å². The maximum absolute atomic E-state index is 15.4. The monoisotopic (exact) mass is 1340 g/mol.